The van der Waals surface area contributed by atoms with Crippen LogP contribution in [0, 0.1) is 0 Å². The van der Waals surface area contributed by atoms with Gasteiger partial charge in [-0.05, 0) is 57.8 Å². The summed E-state index contributed by atoms with van der Waals surface area (Å²) >= 11 is 0. The molecule has 0 heterocycles. The average molecular weight is 507 g/mol. The highest BCUT2D eigenvalue weighted by molar-refractivity contribution is 5.69. The molecule has 0 aliphatic heterocycles. The summed E-state index contributed by atoms with van der Waals surface area (Å²) in [6.07, 6.45) is 33.2. The quantitative estimate of drug-likeness (QED) is 0.0683. The van der Waals surface area contributed by atoms with Gasteiger partial charge in [0.1, 0.15) is 6.10 Å². The standard InChI is InChI=1S/C32H58O4/c1-3-5-7-9-11-13-14-15-16-17-18-19-21-23-25-27-32(35)36-30(28-29-31(33)34)26-24-22-20-12-10-8-6-4-2/h11,13,15-16,30H,3-10,12,14,17-29H2,1-2H3,(H,33,34)/b13-11-,16-15-. The molecule has 0 aromatic rings. The zero-order valence-corrected chi connectivity index (χ0v) is 23.8. The molecule has 0 saturated heterocycles. The Bertz CT molecular complexity index is 552. The van der Waals surface area contributed by atoms with Gasteiger partial charge in [-0.2, -0.15) is 0 Å². The molecule has 0 spiro atoms. The third kappa shape index (κ3) is 27.0. The molecule has 0 radical (unpaired) electrons. The summed E-state index contributed by atoms with van der Waals surface area (Å²) in [5.74, 6) is -0.976. The maximum atomic E-state index is 12.3. The Morgan fingerprint density at radius 3 is 1.72 bits per heavy atom. The van der Waals surface area contributed by atoms with Crippen molar-refractivity contribution in [2.45, 2.75) is 168 Å². The Morgan fingerprint density at radius 1 is 0.611 bits per heavy atom. The predicted molar refractivity (Wildman–Crippen MR) is 153 cm³/mol. The number of allylic oxidation sites excluding steroid dienone is 4. The lowest BCUT2D eigenvalue weighted by atomic mass is 10.0. The summed E-state index contributed by atoms with van der Waals surface area (Å²) in [4.78, 5) is 23.3. The summed E-state index contributed by atoms with van der Waals surface area (Å²) < 4.78 is 5.66. The average Bonchev–Trinajstić information content (AvgIpc) is 2.86. The molecule has 210 valence electrons. The second-order valence-electron chi connectivity index (χ2n) is 10.3. The third-order valence-corrected chi connectivity index (χ3v) is 6.69. The first-order valence-corrected chi connectivity index (χ1v) is 15.3. The van der Waals surface area contributed by atoms with E-state index in [1.807, 2.05) is 0 Å². The number of unbranched alkanes of at least 4 members (excludes halogenated alkanes) is 15. The van der Waals surface area contributed by atoms with Gasteiger partial charge in [-0.15, -0.1) is 0 Å². The Morgan fingerprint density at radius 2 is 1.11 bits per heavy atom. The summed E-state index contributed by atoms with van der Waals surface area (Å²) in [5, 5.41) is 9.01. The number of carbonyl (C=O) groups excluding carboxylic acids is 1. The van der Waals surface area contributed by atoms with E-state index in [2.05, 4.69) is 38.2 Å². The number of hydrogen-bond donors (Lipinski definition) is 1. The predicted octanol–water partition coefficient (Wildman–Crippen LogP) is 10.1. The van der Waals surface area contributed by atoms with Gasteiger partial charge in [0.2, 0.25) is 0 Å². The zero-order chi connectivity index (χ0) is 26.5. The largest absolute Gasteiger partial charge is 0.481 e. The van der Waals surface area contributed by atoms with Crippen molar-refractivity contribution in [2.75, 3.05) is 0 Å². The molecule has 0 aromatic carbocycles. The molecule has 0 aliphatic carbocycles. The molecule has 0 aromatic heterocycles. The lowest BCUT2D eigenvalue weighted by Gasteiger charge is -2.17. The van der Waals surface area contributed by atoms with Crippen molar-refractivity contribution in [1.29, 1.82) is 0 Å². The lowest BCUT2D eigenvalue weighted by molar-refractivity contribution is -0.151. The molecule has 0 bridgehead atoms. The summed E-state index contributed by atoms with van der Waals surface area (Å²) in [6.45, 7) is 4.47. The van der Waals surface area contributed by atoms with Crippen molar-refractivity contribution in [3.8, 4) is 0 Å². The maximum absolute atomic E-state index is 12.3. The van der Waals surface area contributed by atoms with Gasteiger partial charge >= 0.3 is 11.9 Å². The van der Waals surface area contributed by atoms with Crippen molar-refractivity contribution >= 4 is 11.9 Å². The minimum absolute atomic E-state index is 0.0681. The number of carboxylic acid groups (broad SMARTS) is 1. The number of ether oxygens (including phenoxy) is 1. The number of carbonyl (C=O) groups is 2. The first kappa shape index (κ1) is 34.4. The van der Waals surface area contributed by atoms with E-state index in [4.69, 9.17) is 9.84 Å². The fourth-order valence-electron chi connectivity index (χ4n) is 4.38. The van der Waals surface area contributed by atoms with Gasteiger partial charge in [-0.3, -0.25) is 9.59 Å². The van der Waals surface area contributed by atoms with Gasteiger partial charge < -0.3 is 9.84 Å². The van der Waals surface area contributed by atoms with E-state index < -0.39 is 5.97 Å². The molecular weight excluding hydrogens is 448 g/mol. The van der Waals surface area contributed by atoms with Crippen molar-refractivity contribution in [1.82, 2.24) is 0 Å². The van der Waals surface area contributed by atoms with Crippen LogP contribution < -0.4 is 0 Å². The van der Waals surface area contributed by atoms with E-state index in [0.717, 1.165) is 51.4 Å². The number of rotatable bonds is 27. The van der Waals surface area contributed by atoms with E-state index in [9.17, 15) is 9.59 Å². The van der Waals surface area contributed by atoms with Gasteiger partial charge in [0.15, 0.2) is 0 Å². The van der Waals surface area contributed by atoms with E-state index in [0.29, 0.717) is 12.8 Å². The Hall–Kier alpha value is -1.58. The normalized spacial score (nSPS) is 12.5. The van der Waals surface area contributed by atoms with Crippen LogP contribution in [0.4, 0.5) is 0 Å². The minimum Gasteiger partial charge on any atom is -0.481 e. The first-order chi connectivity index (χ1) is 17.6. The molecule has 1 unspecified atom stereocenters. The van der Waals surface area contributed by atoms with Gasteiger partial charge in [-0.25, -0.2) is 0 Å². The molecule has 0 aliphatic rings. The molecule has 0 saturated carbocycles. The summed E-state index contributed by atoms with van der Waals surface area (Å²) in [6, 6.07) is 0. The van der Waals surface area contributed by atoms with Gasteiger partial charge in [-0.1, -0.05) is 115 Å². The molecular formula is C32H58O4. The van der Waals surface area contributed by atoms with Gasteiger partial charge in [0.25, 0.3) is 0 Å². The van der Waals surface area contributed by atoms with Crippen LogP contribution in [-0.2, 0) is 14.3 Å². The molecule has 4 heteroatoms. The van der Waals surface area contributed by atoms with Crippen molar-refractivity contribution < 1.29 is 19.4 Å². The fraction of sp³-hybridized carbons (Fsp3) is 0.812. The monoisotopic (exact) mass is 506 g/mol. The molecule has 1 N–H and O–H groups in total. The van der Waals surface area contributed by atoms with E-state index in [-0.39, 0.29) is 18.5 Å². The minimum atomic E-state index is -0.819. The van der Waals surface area contributed by atoms with Crippen molar-refractivity contribution in [3.05, 3.63) is 24.3 Å². The molecule has 1 atom stereocenters. The van der Waals surface area contributed by atoms with Crippen molar-refractivity contribution in [3.63, 3.8) is 0 Å². The van der Waals surface area contributed by atoms with Crippen LogP contribution in [0.2, 0.25) is 0 Å². The van der Waals surface area contributed by atoms with Crippen LogP contribution in [0.15, 0.2) is 24.3 Å². The second-order valence-corrected chi connectivity index (χ2v) is 10.3. The third-order valence-electron chi connectivity index (χ3n) is 6.69. The van der Waals surface area contributed by atoms with E-state index >= 15 is 0 Å². The fourth-order valence-corrected chi connectivity index (χ4v) is 4.38. The smallest absolute Gasteiger partial charge is 0.306 e. The molecule has 0 amide bonds. The zero-order valence-electron chi connectivity index (χ0n) is 23.8. The van der Waals surface area contributed by atoms with Gasteiger partial charge in [0, 0.05) is 12.8 Å². The highest BCUT2D eigenvalue weighted by Gasteiger charge is 2.15. The molecule has 36 heavy (non-hydrogen) atoms. The van der Waals surface area contributed by atoms with E-state index in [1.54, 1.807) is 0 Å². The van der Waals surface area contributed by atoms with Crippen LogP contribution >= 0.6 is 0 Å². The summed E-state index contributed by atoms with van der Waals surface area (Å²) in [5.41, 5.74) is 0. The first-order valence-electron chi connectivity index (χ1n) is 15.3. The van der Waals surface area contributed by atoms with Crippen LogP contribution in [0.1, 0.15) is 162 Å². The Balaban J connectivity index is 3.81. The van der Waals surface area contributed by atoms with Crippen molar-refractivity contribution in [2.24, 2.45) is 0 Å². The van der Waals surface area contributed by atoms with Crippen LogP contribution in [0.25, 0.3) is 0 Å². The molecule has 4 nitrogen and oxygen atoms in total. The summed E-state index contributed by atoms with van der Waals surface area (Å²) in [7, 11) is 0. The highest BCUT2D eigenvalue weighted by Crippen LogP contribution is 2.17. The van der Waals surface area contributed by atoms with Crippen LogP contribution in [-0.4, -0.2) is 23.1 Å². The Labute approximate surface area is 223 Å². The lowest BCUT2D eigenvalue weighted by Crippen LogP contribution is -2.19. The second kappa shape index (κ2) is 28.0. The highest BCUT2D eigenvalue weighted by atomic mass is 16.5. The molecule has 0 rings (SSSR count). The SMILES string of the molecule is CCCCC/C=C\C/C=C\CCCCCCCC(=O)OC(CCCCCCCCCC)CCC(=O)O. The topological polar surface area (TPSA) is 63.6 Å². The molecule has 0 fully saturated rings. The number of hydrogen-bond acceptors (Lipinski definition) is 3. The van der Waals surface area contributed by atoms with Gasteiger partial charge in [0.05, 0.1) is 0 Å². The number of esters is 1. The Kier molecular flexibility index (Phi) is 26.8. The maximum Gasteiger partial charge on any atom is 0.306 e. The number of aliphatic carboxylic acids is 1. The van der Waals surface area contributed by atoms with E-state index in [1.165, 1.54) is 77.0 Å². The van der Waals surface area contributed by atoms with Crippen LogP contribution in [0.5, 0.6) is 0 Å². The number of carboxylic acids is 1. The van der Waals surface area contributed by atoms with Crippen LogP contribution in [0.3, 0.4) is 0 Å².